The third kappa shape index (κ3) is 6.19. The summed E-state index contributed by atoms with van der Waals surface area (Å²) in [5.41, 5.74) is 2.01. The van der Waals surface area contributed by atoms with Crippen molar-refractivity contribution in [3.05, 3.63) is 64.3 Å². The number of halogens is 1. The molecule has 3 nitrogen and oxygen atoms in total. The number of carbonyl (C=O) groups excluding carboxylic acids is 1. The Morgan fingerprint density at radius 3 is 2.38 bits per heavy atom. The molecule has 5 heteroatoms. The third-order valence-corrected chi connectivity index (χ3v) is 9.51. The fourth-order valence-corrected chi connectivity index (χ4v) is 7.36. The zero-order valence-electron chi connectivity index (χ0n) is 22.1. The summed E-state index contributed by atoms with van der Waals surface area (Å²) >= 11 is 1.44. The van der Waals surface area contributed by atoms with Crippen molar-refractivity contribution in [2.45, 2.75) is 96.0 Å². The van der Waals surface area contributed by atoms with Crippen LogP contribution in [0.25, 0.3) is 10.1 Å². The number of benzene rings is 2. The number of hydrogen-bond acceptors (Lipinski definition) is 4. The van der Waals surface area contributed by atoms with Gasteiger partial charge in [-0.1, -0.05) is 31.9 Å². The van der Waals surface area contributed by atoms with Crippen LogP contribution in [0.5, 0.6) is 5.75 Å². The molecule has 2 aliphatic rings. The van der Waals surface area contributed by atoms with Crippen LogP contribution >= 0.6 is 11.3 Å². The number of esters is 1. The van der Waals surface area contributed by atoms with Crippen LogP contribution in [0, 0.1) is 11.7 Å². The molecule has 0 radical (unpaired) electrons. The standard InChI is InChI=1S/C32H39FO3S/c1-3-5-21-6-8-22(9-7-21)24-13-17-28(29(33)18-24)23-10-14-26(15-11-23)36-32(34)31-19-25-12-16-27(35-4-2)20-30(25)37-31/h12-13,16-23,26H,3-11,14-15H2,1-2H3. The van der Waals surface area contributed by atoms with Gasteiger partial charge in [-0.2, -0.15) is 0 Å². The van der Waals surface area contributed by atoms with Crippen molar-refractivity contribution in [2.24, 2.45) is 5.92 Å². The van der Waals surface area contributed by atoms with Gasteiger partial charge < -0.3 is 9.47 Å². The van der Waals surface area contributed by atoms with Crippen LogP contribution in [0.3, 0.4) is 0 Å². The van der Waals surface area contributed by atoms with E-state index in [2.05, 4.69) is 13.0 Å². The molecule has 198 valence electrons. The molecule has 3 aromatic rings. The van der Waals surface area contributed by atoms with Crippen LogP contribution in [0.15, 0.2) is 42.5 Å². The molecule has 0 amide bonds. The fourth-order valence-electron chi connectivity index (χ4n) is 6.39. The van der Waals surface area contributed by atoms with E-state index in [-0.39, 0.29) is 23.8 Å². The lowest BCUT2D eigenvalue weighted by molar-refractivity contribution is 0.0200. The van der Waals surface area contributed by atoms with Crippen molar-refractivity contribution >= 4 is 27.4 Å². The first-order valence-corrected chi connectivity index (χ1v) is 15.0. The maximum absolute atomic E-state index is 15.2. The number of rotatable bonds is 8. The number of hydrogen-bond donors (Lipinski definition) is 0. The highest BCUT2D eigenvalue weighted by Gasteiger charge is 2.28. The Morgan fingerprint density at radius 1 is 0.919 bits per heavy atom. The van der Waals surface area contributed by atoms with Crippen LogP contribution in [0.1, 0.15) is 111 Å². The minimum atomic E-state index is -0.258. The van der Waals surface area contributed by atoms with Gasteiger partial charge in [0.2, 0.25) is 0 Å². The second-order valence-corrected chi connectivity index (χ2v) is 12.0. The minimum absolute atomic E-state index is 0.0506. The second-order valence-electron chi connectivity index (χ2n) is 10.9. The molecule has 5 rings (SSSR count). The number of ether oxygens (including phenoxy) is 2. The highest BCUT2D eigenvalue weighted by Crippen LogP contribution is 2.40. The topological polar surface area (TPSA) is 35.5 Å². The summed E-state index contributed by atoms with van der Waals surface area (Å²) in [5, 5.41) is 1.03. The SMILES string of the molecule is CCCC1CCC(c2ccc(C3CCC(OC(=O)c4cc5ccc(OCC)cc5s4)CC3)c(F)c2)CC1. The summed E-state index contributed by atoms with van der Waals surface area (Å²) in [6.07, 6.45) is 10.7. The molecule has 0 saturated heterocycles. The molecular formula is C32H39FO3S. The van der Waals surface area contributed by atoms with Crippen molar-refractivity contribution in [3.63, 3.8) is 0 Å². The summed E-state index contributed by atoms with van der Waals surface area (Å²) < 4.78 is 27.7. The maximum atomic E-state index is 15.2. The van der Waals surface area contributed by atoms with Gasteiger partial charge in [-0.3, -0.25) is 0 Å². The highest BCUT2D eigenvalue weighted by atomic mass is 32.1. The Labute approximate surface area is 224 Å². The molecule has 2 fully saturated rings. The van der Waals surface area contributed by atoms with E-state index in [1.165, 1.54) is 55.4 Å². The van der Waals surface area contributed by atoms with E-state index in [0.717, 1.165) is 53.0 Å². The molecule has 2 aromatic carbocycles. The largest absolute Gasteiger partial charge is 0.494 e. The van der Waals surface area contributed by atoms with E-state index >= 15 is 4.39 Å². The van der Waals surface area contributed by atoms with Gasteiger partial charge in [0.05, 0.1) is 6.61 Å². The molecule has 0 aliphatic heterocycles. The predicted molar refractivity (Wildman–Crippen MR) is 149 cm³/mol. The fraction of sp³-hybridized carbons (Fsp3) is 0.531. The normalized spacial score (nSPS) is 24.2. The molecule has 2 aliphatic carbocycles. The van der Waals surface area contributed by atoms with Crippen molar-refractivity contribution in [1.82, 2.24) is 0 Å². The van der Waals surface area contributed by atoms with E-state index in [9.17, 15) is 4.79 Å². The molecule has 1 heterocycles. The van der Waals surface area contributed by atoms with Gasteiger partial charge in [-0.05, 0) is 123 Å². The Bertz CT molecular complexity index is 1200. The lowest BCUT2D eigenvalue weighted by Crippen LogP contribution is -2.24. The first-order chi connectivity index (χ1) is 18.0. The van der Waals surface area contributed by atoms with Crippen LogP contribution in [-0.4, -0.2) is 18.7 Å². The Hall–Kier alpha value is -2.40. The molecule has 0 bridgehead atoms. The molecule has 37 heavy (non-hydrogen) atoms. The van der Waals surface area contributed by atoms with E-state index in [1.807, 2.05) is 43.3 Å². The summed E-state index contributed by atoms with van der Waals surface area (Å²) in [5.74, 6) is 2.07. The molecular weight excluding hydrogens is 483 g/mol. The Balaban J connectivity index is 1.14. The number of carbonyl (C=O) groups is 1. The lowest BCUT2D eigenvalue weighted by Gasteiger charge is -2.30. The average Bonchev–Trinajstić information content (AvgIpc) is 3.34. The predicted octanol–water partition coefficient (Wildman–Crippen LogP) is 9.40. The zero-order chi connectivity index (χ0) is 25.8. The first kappa shape index (κ1) is 26.2. The molecule has 0 N–H and O–H groups in total. The van der Waals surface area contributed by atoms with Crippen LogP contribution in [-0.2, 0) is 4.74 Å². The third-order valence-electron chi connectivity index (χ3n) is 8.43. The molecule has 1 aromatic heterocycles. The first-order valence-electron chi connectivity index (χ1n) is 14.2. The zero-order valence-corrected chi connectivity index (χ0v) is 23.0. The smallest absolute Gasteiger partial charge is 0.348 e. The van der Waals surface area contributed by atoms with Gasteiger partial charge in [0.15, 0.2) is 0 Å². The highest BCUT2D eigenvalue weighted by molar-refractivity contribution is 7.20. The summed E-state index contributed by atoms with van der Waals surface area (Å²) in [6.45, 7) is 4.84. The van der Waals surface area contributed by atoms with Crippen molar-refractivity contribution in [1.29, 1.82) is 0 Å². The van der Waals surface area contributed by atoms with Gasteiger partial charge >= 0.3 is 5.97 Å². The quantitative estimate of drug-likeness (QED) is 0.276. The molecule has 0 spiro atoms. The Kier molecular flexibility index (Phi) is 8.49. The van der Waals surface area contributed by atoms with Crippen LogP contribution in [0.4, 0.5) is 4.39 Å². The minimum Gasteiger partial charge on any atom is -0.494 e. The van der Waals surface area contributed by atoms with E-state index in [0.29, 0.717) is 17.4 Å². The maximum Gasteiger partial charge on any atom is 0.348 e. The van der Waals surface area contributed by atoms with Gasteiger partial charge in [-0.25, -0.2) is 9.18 Å². The second kappa shape index (κ2) is 12.0. The van der Waals surface area contributed by atoms with E-state index < -0.39 is 0 Å². The summed E-state index contributed by atoms with van der Waals surface area (Å²) in [6, 6.07) is 13.8. The number of thiophene rings is 1. The molecule has 0 atom stereocenters. The molecule has 2 saturated carbocycles. The van der Waals surface area contributed by atoms with Crippen molar-refractivity contribution in [3.8, 4) is 5.75 Å². The van der Waals surface area contributed by atoms with E-state index in [1.54, 1.807) is 0 Å². The van der Waals surface area contributed by atoms with Gasteiger partial charge in [0.1, 0.15) is 22.5 Å². The van der Waals surface area contributed by atoms with Crippen molar-refractivity contribution in [2.75, 3.05) is 6.61 Å². The van der Waals surface area contributed by atoms with Crippen LogP contribution in [0.2, 0.25) is 0 Å². The van der Waals surface area contributed by atoms with Gasteiger partial charge in [0.25, 0.3) is 0 Å². The van der Waals surface area contributed by atoms with E-state index in [4.69, 9.17) is 9.47 Å². The molecule has 0 unspecified atom stereocenters. The summed E-state index contributed by atoms with van der Waals surface area (Å²) in [7, 11) is 0. The van der Waals surface area contributed by atoms with Gasteiger partial charge in [0, 0.05) is 4.70 Å². The Morgan fingerprint density at radius 2 is 1.68 bits per heavy atom. The van der Waals surface area contributed by atoms with Crippen LogP contribution < -0.4 is 4.74 Å². The summed E-state index contributed by atoms with van der Waals surface area (Å²) in [4.78, 5) is 13.5. The average molecular weight is 523 g/mol. The van der Waals surface area contributed by atoms with Crippen molar-refractivity contribution < 1.29 is 18.7 Å². The number of fused-ring (bicyclic) bond motifs is 1. The van der Waals surface area contributed by atoms with Gasteiger partial charge in [-0.15, -0.1) is 11.3 Å². The lowest BCUT2D eigenvalue weighted by atomic mass is 9.76. The monoisotopic (exact) mass is 522 g/mol.